The predicted molar refractivity (Wildman–Crippen MR) is 137 cm³/mol. The van der Waals surface area contributed by atoms with E-state index < -0.39 is 14.8 Å². The second kappa shape index (κ2) is 8.85. The van der Waals surface area contributed by atoms with Crippen molar-refractivity contribution in [2.75, 3.05) is 16.2 Å². The predicted octanol–water partition coefficient (Wildman–Crippen LogP) is 5.18. The van der Waals surface area contributed by atoms with Gasteiger partial charge >= 0.3 is 0 Å². The molecule has 1 unspecified atom stereocenters. The van der Waals surface area contributed by atoms with Gasteiger partial charge in [-0.15, -0.1) is 11.3 Å². The van der Waals surface area contributed by atoms with Crippen LogP contribution in [0.3, 0.4) is 0 Å². The van der Waals surface area contributed by atoms with Gasteiger partial charge < -0.3 is 0 Å². The number of carbonyl (C=O) groups is 1. The average Bonchev–Trinajstić information content (AvgIpc) is 3.33. The quantitative estimate of drug-likeness (QED) is 0.534. The zero-order valence-electron chi connectivity index (χ0n) is 18.8. The summed E-state index contributed by atoms with van der Waals surface area (Å²) in [6.45, 7) is 2.18. The van der Waals surface area contributed by atoms with E-state index in [4.69, 9.17) is 0 Å². The van der Waals surface area contributed by atoms with Crippen molar-refractivity contribution in [2.45, 2.75) is 30.9 Å². The maximum Gasteiger partial charge on any atom is 0.257 e. The Bertz CT molecular complexity index is 1390. The fourth-order valence-electron chi connectivity index (χ4n) is 4.32. The number of hydrogen-bond donors (Lipinski definition) is 1. The summed E-state index contributed by atoms with van der Waals surface area (Å²) in [4.78, 5) is 17.3. The largest absolute Gasteiger partial charge is 0.298 e. The van der Waals surface area contributed by atoms with E-state index >= 15 is 0 Å². The zero-order valence-corrected chi connectivity index (χ0v) is 20.4. The van der Waals surface area contributed by atoms with Crippen molar-refractivity contribution in [3.05, 3.63) is 89.3 Å². The molecule has 0 bridgehead atoms. The highest BCUT2D eigenvalue weighted by molar-refractivity contribution is 7.94. The topological polar surface area (TPSA) is 79.4 Å². The SMILES string of the molecule is CC1(S(=O)(=O)N2CCCc3ccccc32)C=CC(C(=O)Nc2nc(-c3ccccc3)cs2)=CC1. The first-order valence-electron chi connectivity index (χ1n) is 11.2. The van der Waals surface area contributed by atoms with Gasteiger partial charge in [-0.25, -0.2) is 13.4 Å². The Morgan fingerprint density at radius 1 is 1.12 bits per heavy atom. The first-order valence-corrected chi connectivity index (χ1v) is 13.5. The standard InChI is InChI=1S/C26H25N3O3S2/c1-26(34(31,32)29-17-7-11-20-10-5-6-12-23(20)29)15-13-21(14-16-26)24(30)28-25-27-22(18-33-25)19-8-3-2-4-9-19/h2-6,8-10,12-15,18H,7,11,16-17H2,1H3,(H,27,28,30). The maximum atomic E-state index is 13.7. The summed E-state index contributed by atoms with van der Waals surface area (Å²) >= 11 is 1.36. The first kappa shape index (κ1) is 22.6. The van der Waals surface area contributed by atoms with Crippen molar-refractivity contribution in [1.82, 2.24) is 4.98 Å². The number of aryl methyl sites for hydroxylation is 1. The van der Waals surface area contributed by atoms with Crippen molar-refractivity contribution in [3.63, 3.8) is 0 Å². The van der Waals surface area contributed by atoms with Crippen LogP contribution in [0.15, 0.2) is 83.8 Å². The van der Waals surface area contributed by atoms with Crippen LogP contribution in [0.25, 0.3) is 11.3 Å². The van der Waals surface area contributed by atoms with Crippen LogP contribution in [-0.2, 0) is 21.2 Å². The third-order valence-electron chi connectivity index (χ3n) is 6.35. The molecule has 2 heterocycles. The van der Waals surface area contributed by atoms with Gasteiger partial charge in [0.15, 0.2) is 5.13 Å². The number of sulfonamides is 1. The number of carbonyl (C=O) groups excluding carboxylic acids is 1. The molecule has 0 saturated carbocycles. The van der Waals surface area contributed by atoms with Crippen molar-refractivity contribution in [2.24, 2.45) is 0 Å². The number of benzene rings is 2. The molecule has 1 N–H and O–H groups in total. The molecule has 3 aromatic rings. The number of rotatable bonds is 5. The lowest BCUT2D eigenvalue weighted by atomic mass is 9.97. The number of anilines is 2. The molecule has 1 aromatic heterocycles. The van der Waals surface area contributed by atoms with E-state index in [1.54, 1.807) is 25.2 Å². The van der Waals surface area contributed by atoms with Crippen molar-refractivity contribution in [3.8, 4) is 11.3 Å². The van der Waals surface area contributed by atoms with Crippen LogP contribution in [-0.4, -0.2) is 30.6 Å². The Morgan fingerprint density at radius 3 is 2.65 bits per heavy atom. The van der Waals surface area contributed by atoms with Crippen LogP contribution < -0.4 is 9.62 Å². The van der Waals surface area contributed by atoms with Crippen LogP contribution in [0.2, 0.25) is 0 Å². The minimum absolute atomic E-state index is 0.223. The Kier molecular flexibility index (Phi) is 5.87. The lowest BCUT2D eigenvalue weighted by Crippen LogP contribution is -2.48. The molecule has 8 heteroatoms. The van der Waals surface area contributed by atoms with Gasteiger partial charge in [-0.3, -0.25) is 14.4 Å². The summed E-state index contributed by atoms with van der Waals surface area (Å²) in [5.41, 5.74) is 4.03. The molecule has 1 amide bonds. The lowest BCUT2D eigenvalue weighted by Gasteiger charge is -2.38. The molecule has 2 aliphatic rings. The minimum Gasteiger partial charge on any atom is -0.298 e. The first-order chi connectivity index (χ1) is 16.4. The van der Waals surface area contributed by atoms with Crippen LogP contribution in [0, 0.1) is 0 Å². The molecule has 1 aliphatic heterocycles. The minimum atomic E-state index is -3.67. The molecular weight excluding hydrogens is 466 g/mol. The Labute approximate surface area is 203 Å². The molecule has 5 rings (SSSR count). The summed E-state index contributed by atoms with van der Waals surface area (Å²) in [6, 6.07) is 17.4. The number of hydrogen-bond acceptors (Lipinski definition) is 5. The number of nitrogens with zero attached hydrogens (tertiary/aromatic N) is 2. The molecule has 1 atom stereocenters. The van der Waals surface area contributed by atoms with E-state index in [9.17, 15) is 13.2 Å². The molecule has 174 valence electrons. The molecule has 0 saturated heterocycles. The van der Waals surface area contributed by atoms with E-state index in [0.717, 1.165) is 35.3 Å². The summed E-state index contributed by atoms with van der Waals surface area (Å²) < 4.78 is 27.7. The lowest BCUT2D eigenvalue weighted by molar-refractivity contribution is -0.112. The number of thiazole rings is 1. The normalized spacial score (nSPS) is 19.9. The van der Waals surface area contributed by atoms with Gasteiger partial charge in [0.05, 0.1) is 11.4 Å². The summed E-state index contributed by atoms with van der Waals surface area (Å²) in [5.74, 6) is -0.298. The van der Waals surface area contributed by atoms with Crippen LogP contribution in [0.5, 0.6) is 0 Å². The van der Waals surface area contributed by atoms with E-state index in [2.05, 4.69) is 10.3 Å². The molecule has 2 aromatic carbocycles. The number of aromatic nitrogens is 1. The fraction of sp³-hybridized carbons (Fsp3) is 0.231. The molecule has 0 radical (unpaired) electrons. The van der Waals surface area contributed by atoms with Gasteiger partial charge in [0.1, 0.15) is 4.75 Å². The monoisotopic (exact) mass is 491 g/mol. The van der Waals surface area contributed by atoms with Gasteiger partial charge in [0.2, 0.25) is 10.0 Å². The summed E-state index contributed by atoms with van der Waals surface area (Å²) in [5, 5.41) is 5.24. The highest BCUT2D eigenvalue weighted by Crippen LogP contribution is 2.37. The number of amides is 1. The maximum absolute atomic E-state index is 13.7. The van der Waals surface area contributed by atoms with Gasteiger partial charge in [-0.2, -0.15) is 0 Å². The van der Waals surface area contributed by atoms with E-state index in [0.29, 0.717) is 17.2 Å². The van der Waals surface area contributed by atoms with Gasteiger partial charge in [-0.1, -0.05) is 66.8 Å². The zero-order chi connectivity index (χ0) is 23.8. The smallest absolute Gasteiger partial charge is 0.257 e. The molecule has 0 fully saturated rings. The summed E-state index contributed by atoms with van der Waals surface area (Å²) in [6.07, 6.45) is 6.85. The molecule has 34 heavy (non-hydrogen) atoms. The highest BCUT2D eigenvalue weighted by atomic mass is 32.2. The second-order valence-electron chi connectivity index (χ2n) is 8.68. The number of fused-ring (bicyclic) bond motifs is 1. The number of allylic oxidation sites excluding steroid dienone is 1. The number of nitrogens with one attached hydrogen (secondary N) is 1. The van der Waals surface area contributed by atoms with Gasteiger partial charge in [0.25, 0.3) is 5.91 Å². The van der Waals surface area contributed by atoms with Gasteiger partial charge in [-0.05, 0) is 37.8 Å². The van der Waals surface area contributed by atoms with Crippen molar-refractivity contribution in [1.29, 1.82) is 0 Å². The van der Waals surface area contributed by atoms with Crippen molar-refractivity contribution < 1.29 is 13.2 Å². The Morgan fingerprint density at radius 2 is 1.88 bits per heavy atom. The van der Waals surface area contributed by atoms with E-state index in [1.165, 1.54) is 15.6 Å². The molecular formula is C26H25N3O3S2. The van der Waals surface area contributed by atoms with Crippen LogP contribution >= 0.6 is 11.3 Å². The van der Waals surface area contributed by atoms with Crippen molar-refractivity contribution >= 4 is 38.1 Å². The highest BCUT2D eigenvalue weighted by Gasteiger charge is 2.43. The molecule has 1 aliphatic carbocycles. The van der Waals surface area contributed by atoms with Crippen LogP contribution in [0.4, 0.5) is 10.8 Å². The third-order valence-corrected chi connectivity index (χ3v) is 9.54. The van der Waals surface area contributed by atoms with Crippen LogP contribution in [0.1, 0.15) is 25.3 Å². The molecule has 6 nitrogen and oxygen atoms in total. The van der Waals surface area contributed by atoms with Gasteiger partial charge in [0, 0.05) is 23.1 Å². The Balaban J connectivity index is 1.30. The number of para-hydroxylation sites is 1. The van der Waals surface area contributed by atoms with E-state index in [1.807, 2.05) is 60.0 Å². The van der Waals surface area contributed by atoms with E-state index in [-0.39, 0.29) is 12.3 Å². The molecule has 0 spiro atoms. The second-order valence-corrected chi connectivity index (χ2v) is 11.9. The third kappa shape index (κ3) is 4.08. The fourth-order valence-corrected chi connectivity index (χ4v) is 6.88. The summed E-state index contributed by atoms with van der Waals surface area (Å²) in [7, 11) is -3.67. The average molecular weight is 492 g/mol. The Hall–Kier alpha value is -3.23.